The Kier molecular flexibility index (Phi) is 13.2. The third-order valence-corrected chi connectivity index (χ3v) is 3.28. The molecule has 0 spiro atoms. The first-order valence-corrected chi connectivity index (χ1v) is 7.93. The lowest BCUT2D eigenvalue weighted by molar-refractivity contribution is -0.139. The number of isocyanates is 1. The van der Waals surface area contributed by atoms with E-state index in [0.717, 1.165) is 18.9 Å². The summed E-state index contributed by atoms with van der Waals surface area (Å²) in [6.45, 7) is 1.90. The van der Waals surface area contributed by atoms with Crippen LogP contribution in [0.2, 0.25) is 0 Å². The number of rotatable bonds is 6. The quantitative estimate of drug-likeness (QED) is 0.611. The minimum absolute atomic E-state index is 0.104. The summed E-state index contributed by atoms with van der Waals surface area (Å²) in [6.07, 6.45) is 2.51. The molecule has 0 radical (unpaired) electrons. The molecule has 134 valence electrons. The molecule has 25 heavy (non-hydrogen) atoms. The van der Waals surface area contributed by atoms with E-state index in [9.17, 15) is 4.79 Å². The van der Waals surface area contributed by atoms with Crippen molar-refractivity contribution < 1.29 is 19.4 Å². The summed E-state index contributed by atoms with van der Waals surface area (Å²) >= 11 is 0. The SMILES string of the molecule is CCC(CC(=O)O)OC.N=C=O.c1ccc(Cc2ccccc2)cc1. The number of carbonyl (C=O) groups is 1. The second-order valence-electron chi connectivity index (χ2n) is 5.11. The summed E-state index contributed by atoms with van der Waals surface area (Å²) in [5.41, 5.74) is 2.74. The Balaban J connectivity index is 0.000000422. The second-order valence-corrected chi connectivity index (χ2v) is 5.11. The Bertz CT molecular complexity index is 567. The molecule has 0 aliphatic heterocycles. The second kappa shape index (κ2) is 14.8. The van der Waals surface area contributed by atoms with Gasteiger partial charge in [-0.05, 0) is 24.0 Å². The largest absolute Gasteiger partial charge is 0.481 e. The number of carboxylic acids is 1. The summed E-state index contributed by atoms with van der Waals surface area (Å²) in [5, 5.41) is 13.7. The number of nitrogens with one attached hydrogen (secondary N) is 1. The van der Waals surface area contributed by atoms with Gasteiger partial charge in [-0.25, -0.2) is 10.2 Å². The minimum atomic E-state index is -0.802. The maximum atomic E-state index is 10.0. The van der Waals surface area contributed by atoms with Crippen LogP contribution in [0.1, 0.15) is 30.9 Å². The van der Waals surface area contributed by atoms with Gasteiger partial charge in [0, 0.05) is 7.11 Å². The number of carboxylic acid groups (broad SMARTS) is 1. The van der Waals surface area contributed by atoms with Crippen molar-refractivity contribution in [1.82, 2.24) is 0 Å². The van der Waals surface area contributed by atoms with Gasteiger partial charge in [-0.2, -0.15) is 0 Å². The molecule has 0 saturated heterocycles. The summed E-state index contributed by atoms with van der Waals surface area (Å²) in [6, 6.07) is 21.1. The van der Waals surface area contributed by atoms with Crippen LogP contribution in [-0.2, 0) is 20.7 Å². The number of hydrogen-bond donors (Lipinski definition) is 2. The van der Waals surface area contributed by atoms with Crippen LogP contribution >= 0.6 is 0 Å². The molecule has 5 heteroatoms. The molecule has 0 aromatic heterocycles. The highest BCUT2D eigenvalue weighted by atomic mass is 16.5. The molecule has 0 amide bonds. The van der Waals surface area contributed by atoms with Gasteiger partial charge in [0.15, 0.2) is 0 Å². The van der Waals surface area contributed by atoms with Crippen LogP contribution < -0.4 is 0 Å². The molecule has 0 heterocycles. The van der Waals surface area contributed by atoms with Crippen molar-refractivity contribution in [2.75, 3.05) is 7.11 Å². The zero-order valence-corrected chi connectivity index (χ0v) is 14.6. The summed E-state index contributed by atoms with van der Waals surface area (Å²) in [7, 11) is 1.52. The van der Waals surface area contributed by atoms with Gasteiger partial charge >= 0.3 is 5.97 Å². The molecule has 2 aromatic carbocycles. The predicted molar refractivity (Wildman–Crippen MR) is 97.4 cm³/mol. The Hall–Kier alpha value is -2.75. The van der Waals surface area contributed by atoms with Gasteiger partial charge < -0.3 is 9.84 Å². The molecule has 2 rings (SSSR count). The first-order valence-electron chi connectivity index (χ1n) is 7.93. The van der Waals surface area contributed by atoms with Crippen LogP contribution in [0.3, 0.4) is 0 Å². The van der Waals surface area contributed by atoms with Gasteiger partial charge in [0.1, 0.15) is 0 Å². The minimum Gasteiger partial charge on any atom is -0.481 e. The number of ether oxygens (including phenoxy) is 1. The average Bonchev–Trinajstić information content (AvgIpc) is 2.62. The Labute approximate surface area is 148 Å². The molecule has 2 aromatic rings. The van der Waals surface area contributed by atoms with Gasteiger partial charge in [0.2, 0.25) is 6.08 Å². The van der Waals surface area contributed by atoms with E-state index in [4.69, 9.17) is 20.0 Å². The first kappa shape index (κ1) is 22.2. The number of benzene rings is 2. The lowest BCUT2D eigenvalue weighted by Crippen LogP contribution is -2.14. The van der Waals surface area contributed by atoms with Gasteiger partial charge in [0.05, 0.1) is 12.5 Å². The lowest BCUT2D eigenvalue weighted by atomic mass is 10.1. The maximum Gasteiger partial charge on any atom is 0.305 e. The smallest absolute Gasteiger partial charge is 0.305 e. The van der Waals surface area contributed by atoms with E-state index >= 15 is 0 Å². The highest BCUT2D eigenvalue weighted by Crippen LogP contribution is 2.07. The summed E-state index contributed by atoms with van der Waals surface area (Å²) in [4.78, 5) is 18.4. The maximum absolute atomic E-state index is 10.0. The van der Waals surface area contributed by atoms with Crippen molar-refractivity contribution in [3.8, 4) is 0 Å². The summed E-state index contributed by atoms with van der Waals surface area (Å²) < 4.78 is 4.83. The van der Waals surface area contributed by atoms with E-state index < -0.39 is 5.97 Å². The van der Waals surface area contributed by atoms with E-state index in [1.807, 2.05) is 6.92 Å². The monoisotopic (exact) mass is 343 g/mol. The van der Waals surface area contributed by atoms with Crippen molar-refractivity contribution in [3.05, 3.63) is 71.8 Å². The fourth-order valence-corrected chi connectivity index (χ4v) is 2.02. The van der Waals surface area contributed by atoms with E-state index in [0.29, 0.717) is 0 Å². The van der Waals surface area contributed by atoms with Crippen molar-refractivity contribution in [3.63, 3.8) is 0 Å². The van der Waals surface area contributed by atoms with Gasteiger partial charge in [-0.1, -0.05) is 67.6 Å². The molecule has 2 N–H and O–H groups in total. The number of methoxy groups -OCH3 is 1. The van der Waals surface area contributed by atoms with E-state index in [1.54, 1.807) is 0 Å². The van der Waals surface area contributed by atoms with Gasteiger partial charge in [-0.15, -0.1) is 0 Å². The molecule has 0 bridgehead atoms. The van der Waals surface area contributed by atoms with Crippen molar-refractivity contribution in [2.24, 2.45) is 0 Å². The Morgan fingerprint density at radius 1 is 1.08 bits per heavy atom. The Morgan fingerprint density at radius 2 is 1.48 bits per heavy atom. The van der Waals surface area contributed by atoms with Crippen molar-refractivity contribution >= 4 is 12.0 Å². The number of carbonyl (C=O) groups excluding carboxylic acids is 1. The van der Waals surface area contributed by atoms with E-state index in [2.05, 4.69) is 60.7 Å². The third-order valence-electron chi connectivity index (χ3n) is 3.28. The normalized spacial score (nSPS) is 10.2. The van der Waals surface area contributed by atoms with Gasteiger partial charge in [-0.3, -0.25) is 4.79 Å². The fourth-order valence-electron chi connectivity index (χ4n) is 2.02. The zero-order valence-electron chi connectivity index (χ0n) is 14.6. The molecule has 0 aliphatic carbocycles. The lowest BCUT2D eigenvalue weighted by Gasteiger charge is -2.07. The topological polar surface area (TPSA) is 87.4 Å². The number of hydrogen-bond acceptors (Lipinski definition) is 4. The highest BCUT2D eigenvalue weighted by molar-refractivity contribution is 5.67. The zero-order chi connectivity index (χ0) is 18.9. The highest BCUT2D eigenvalue weighted by Gasteiger charge is 2.08. The van der Waals surface area contributed by atoms with Crippen LogP contribution in [0.4, 0.5) is 0 Å². The van der Waals surface area contributed by atoms with Crippen LogP contribution in [0.25, 0.3) is 0 Å². The van der Waals surface area contributed by atoms with Crippen LogP contribution in [-0.4, -0.2) is 30.4 Å². The van der Waals surface area contributed by atoms with Crippen LogP contribution in [0.5, 0.6) is 0 Å². The average molecular weight is 343 g/mol. The molecular formula is C20H25NO4. The molecular weight excluding hydrogens is 318 g/mol. The molecule has 1 atom stereocenters. The molecule has 1 unspecified atom stereocenters. The fraction of sp³-hybridized carbons (Fsp3) is 0.300. The Morgan fingerprint density at radius 3 is 1.72 bits per heavy atom. The van der Waals surface area contributed by atoms with E-state index in [-0.39, 0.29) is 12.5 Å². The molecule has 5 nitrogen and oxygen atoms in total. The predicted octanol–water partition coefficient (Wildman–Crippen LogP) is 4.06. The van der Waals surface area contributed by atoms with Crippen molar-refractivity contribution in [2.45, 2.75) is 32.3 Å². The first-order chi connectivity index (χ1) is 12.1. The van der Waals surface area contributed by atoms with Crippen molar-refractivity contribution in [1.29, 1.82) is 5.41 Å². The third kappa shape index (κ3) is 12.4. The van der Waals surface area contributed by atoms with Gasteiger partial charge in [0.25, 0.3) is 0 Å². The van der Waals surface area contributed by atoms with Crippen LogP contribution in [0.15, 0.2) is 60.7 Å². The molecule has 0 fully saturated rings. The van der Waals surface area contributed by atoms with Crippen LogP contribution in [0, 0.1) is 5.41 Å². The number of aliphatic carboxylic acids is 1. The summed E-state index contributed by atoms with van der Waals surface area (Å²) in [5.74, 6) is -0.802. The van der Waals surface area contributed by atoms with E-state index in [1.165, 1.54) is 18.2 Å². The molecule has 0 aliphatic rings. The standard InChI is InChI=1S/C13H12.C6H12O3.CHNO/c1-3-7-12(8-4-1)11-13-9-5-2-6-10-13;1-3-5(9-2)4-6(7)8;2-1-3/h1-10H,11H2;5H,3-4H2,1-2H3,(H,7,8);2H. The molecule has 0 saturated carbocycles.